The predicted molar refractivity (Wildman–Crippen MR) is 119 cm³/mol. The lowest BCUT2D eigenvalue weighted by Gasteiger charge is -2.09. The fraction of sp³-hybridized carbons (Fsp3) is 0.125. The average Bonchev–Trinajstić information content (AvgIpc) is 2.84. The van der Waals surface area contributed by atoms with E-state index in [1.165, 1.54) is 38.5 Å². The zero-order valence-electron chi connectivity index (χ0n) is 17.9. The van der Waals surface area contributed by atoms with Crippen LogP contribution in [0.15, 0.2) is 60.7 Å². The van der Waals surface area contributed by atoms with Crippen LogP contribution in [0.5, 0.6) is 0 Å². The summed E-state index contributed by atoms with van der Waals surface area (Å²) in [5.41, 5.74) is 1.56. The zero-order chi connectivity index (χ0) is 23.8. The van der Waals surface area contributed by atoms with Gasteiger partial charge in [-0.05, 0) is 36.4 Å². The van der Waals surface area contributed by atoms with Crippen LogP contribution in [0.3, 0.4) is 0 Å². The van der Waals surface area contributed by atoms with Gasteiger partial charge in [-0.1, -0.05) is 24.3 Å². The molecular formula is C24H20N2O7. The number of para-hydroxylation sites is 1. The van der Waals surface area contributed by atoms with Gasteiger partial charge in [-0.15, -0.1) is 0 Å². The second-order valence-electron chi connectivity index (χ2n) is 6.70. The van der Waals surface area contributed by atoms with Crippen LogP contribution in [0, 0.1) is 0 Å². The lowest BCUT2D eigenvalue weighted by atomic mass is 10.1. The van der Waals surface area contributed by atoms with Gasteiger partial charge in [0.15, 0.2) is 6.61 Å². The Morgan fingerprint density at radius 1 is 0.909 bits per heavy atom. The second kappa shape index (κ2) is 10.7. The summed E-state index contributed by atoms with van der Waals surface area (Å²) in [4.78, 5) is 52.2. The Kier molecular flexibility index (Phi) is 7.48. The normalized spacial score (nSPS) is 10.6. The standard InChI is InChI=1S/C24H20N2O7/c1-31-23(29)16-11-17(24(30)32-2)13-19(12-16)26-21(27)14-33-22(28)10-9-18-8-7-15-5-3-4-6-20(15)25-18/h3-13H,14H2,1-2H3,(H,26,27)/b10-9+. The monoisotopic (exact) mass is 448 g/mol. The fourth-order valence-electron chi connectivity index (χ4n) is 2.88. The Morgan fingerprint density at radius 2 is 1.58 bits per heavy atom. The minimum absolute atomic E-state index is 0.0403. The van der Waals surface area contributed by atoms with Crippen molar-refractivity contribution in [3.63, 3.8) is 0 Å². The van der Waals surface area contributed by atoms with Crippen molar-refractivity contribution < 1.29 is 33.4 Å². The third kappa shape index (κ3) is 6.23. The number of ether oxygens (including phenoxy) is 3. The maximum absolute atomic E-state index is 12.2. The quantitative estimate of drug-likeness (QED) is 0.333. The summed E-state index contributed by atoms with van der Waals surface area (Å²) in [6.07, 6.45) is 2.65. The van der Waals surface area contributed by atoms with Crippen LogP contribution in [0.2, 0.25) is 0 Å². The Balaban J connectivity index is 1.61. The maximum Gasteiger partial charge on any atom is 0.337 e. The van der Waals surface area contributed by atoms with Crippen molar-refractivity contribution in [1.82, 2.24) is 4.98 Å². The van der Waals surface area contributed by atoms with E-state index in [2.05, 4.69) is 19.8 Å². The number of aromatic nitrogens is 1. The molecule has 0 fully saturated rings. The molecule has 0 radical (unpaired) electrons. The fourth-order valence-corrected chi connectivity index (χ4v) is 2.88. The first-order chi connectivity index (χ1) is 15.9. The Hall–Kier alpha value is -4.53. The van der Waals surface area contributed by atoms with Crippen LogP contribution >= 0.6 is 0 Å². The first kappa shape index (κ1) is 23.1. The molecule has 0 unspecified atom stereocenters. The molecule has 0 bridgehead atoms. The third-order valence-electron chi connectivity index (χ3n) is 4.41. The number of nitrogens with one attached hydrogen (secondary N) is 1. The number of carbonyl (C=O) groups is 4. The lowest BCUT2D eigenvalue weighted by Crippen LogP contribution is -2.20. The van der Waals surface area contributed by atoms with Crippen molar-refractivity contribution in [2.24, 2.45) is 0 Å². The number of methoxy groups -OCH3 is 2. The molecule has 0 atom stereocenters. The molecule has 1 amide bonds. The number of pyridine rings is 1. The van der Waals surface area contributed by atoms with Crippen LogP contribution < -0.4 is 5.32 Å². The van der Waals surface area contributed by atoms with Crippen molar-refractivity contribution >= 4 is 46.5 Å². The van der Waals surface area contributed by atoms with Crippen LogP contribution in [-0.2, 0) is 23.8 Å². The number of nitrogens with zero attached hydrogens (tertiary/aromatic N) is 1. The molecule has 0 aliphatic heterocycles. The van der Waals surface area contributed by atoms with E-state index in [9.17, 15) is 19.2 Å². The minimum Gasteiger partial charge on any atom is -0.465 e. The maximum atomic E-state index is 12.2. The first-order valence-electron chi connectivity index (χ1n) is 9.72. The number of esters is 3. The molecule has 9 heteroatoms. The van der Waals surface area contributed by atoms with E-state index in [-0.39, 0.29) is 16.8 Å². The molecule has 33 heavy (non-hydrogen) atoms. The molecule has 1 aromatic heterocycles. The zero-order valence-corrected chi connectivity index (χ0v) is 17.9. The van der Waals surface area contributed by atoms with Gasteiger partial charge >= 0.3 is 17.9 Å². The van der Waals surface area contributed by atoms with E-state index >= 15 is 0 Å². The highest BCUT2D eigenvalue weighted by Gasteiger charge is 2.15. The number of hydrogen-bond donors (Lipinski definition) is 1. The van der Waals surface area contributed by atoms with Gasteiger partial charge in [-0.2, -0.15) is 0 Å². The number of anilines is 1. The van der Waals surface area contributed by atoms with E-state index in [1.807, 2.05) is 30.3 Å². The van der Waals surface area contributed by atoms with Crippen molar-refractivity contribution in [1.29, 1.82) is 0 Å². The largest absolute Gasteiger partial charge is 0.465 e. The van der Waals surface area contributed by atoms with Crippen molar-refractivity contribution in [3.8, 4) is 0 Å². The van der Waals surface area contributed by atoms with E-state index < -0.39 is 30.4 Å². The summed E-state index contributed by atoms with van der Waals surface area (Å²) >= 11 is 0. The molecule has 0 saturated heterocycles. The van der Waals surface area contributed by atoms with E-state index in [0.717, 1.165) is 17.0 Å². The Labute approximate surface area is 189 Å². The molecule has 0 aliphatic carbocycles. The average molecular weight is 448 g/mol. The van der Waals surface area contributed by atoms with Crippen LogP contribution in [0.1, 0.15) is 26.4 Å². The minimum atomic E-state index is -0.737. The Bertz CT molecular complexity index is 1220. The number of fused-ring (bicyclic) bond motifs is 1. The van der Waals surface area contributed by atoms with Crippen LogP contribution in [0.4, 0.5) is 5.69 Å². The van der Waals surface area contributed by atoms with E-state index in [1.54, 1.807) is 6.07 Å². The molecule has 9 nitrogen and oxygen atoms in total. The summed E-state index contributed by atoms with van der Waals surface area (Å²) in [6, 6.07) is 15.1. The molecule has 3 aromatic rings. The van der Waals surface area contributed by atoms with Crippen LogP contribution in [-0.4, -0.2) is 49.6 Å². The molecule has 1 heterocycles. The van der Waals surface area contributed by atoms with Crippen molar-refractivity contribution in [3.05, 3.63) is 77.5 Å². The molecule has 3 rings (SSSR count). The number of amides is 1. The Morgan fingerprint density at radius 3 is 2.24 bits per heavy atom. The third-order valence-corrected chi connectivity index (χ3v) is 4.41. The lowest BCUT2D eigenvalue weighted by molar-refractivity contribution is -0.142. The van der Waals surface area contributed by atoms with Crippen LogP contribution in [0.25, 0.3) is 17.0 Å². The summed E-state index contributed by atoms with van der Waals surface area (Å²) in [6.45, 7) is -0.579. The highest BCUT2D eigenvalue weighted by atomic mass is 16.5. The van der Waals surface area contributed by atoms with Gasteiger partial charge in [0.1, 0.15) is 0 Å². The molecule has 1 N–H and O–H groups in total. The molecule has 168 valence electrons. The summed E-state index contributed by atoms with van der Waals surface area (Å²) in [5, 5.41) is 3.43. The van der Waals surface area contributed by atoms with Gasteiger partial charge in [-0.25, -0.2) is 19.4 Å². The van der Waals surface area contributed by atoms with Gasteiger partial charge < -0.3 is 19.5 Å². The summed E-state index contributed by atoms with van der Waals surface area (Å²) < 4.78 is 14.2. The molecule has 0 aliphatic rings. The van der Waals surface area contributed by atoms with E-state index in [0.29, 0.717) is 5.69 Å². The number of benzene rings is 2. The van der Waals surface area contributed by atoms with Gasteiger partial charge in [0, 0.05) is 17.1 Å². The highest BCUT2D eigenvalue weighted by Crippen LogP contribution is 2.17. The molecule has 0 saturated carbocycles. The van der Waals surface area contributed by atoms with E-state index in [4.69, 9.17) is 4.74 Å². The predicted octanol–water partition coefficient (Wildman–Crippen LogP) is 3.00. The van der Waals surface area contributed by atoms with Gasteiger partial charge in [-0.3, -0.25) is 4.79 Å². The van der Waals surface area contributed by atoms with Crippen molar-refractivity contribution in [2.45, 2.75) is 0 Å². The first-order valence-corrected chi connectivity index (χ1v) is 9.72. The van der Waals surface area contributed by atoms with Crippen molar-refractivity contribution in [2.75, 3.05) is 26.1 Å². The highest BCUT2D eigenvalue weighted by molar-refractivity contribution is 6.00. The van der Waals surface area contributed by atoms with Gasteiger partial charge in [0.05, 0.1) is 36.6 Å². The molecule has 2 aromatic carbocycles. The smallest absolute Gasteiger partial charge is 0.337 e. The number of carbonyl (C=O) groups excluding carboxylic acids is 4. The SMILES string of the molecule is COC(=O)c1cc(NC(=O)COC(=O)/C=C/c2ccc3ccccc3n2)cc(C(=O)OC)c1. The second-order valence-corrected chi connectivity index (χ2v) is 6.70. The summed E-state index contributed by atoms with van der Waals surface area (Å²) in [7, 11) is 2.37. The number of hydrogen-bond acceptors (Lipinski definition) is 8. The topological polar surface area (TPSA) is 121 Å². The van der Waals surface area contributed by atoms with Gasteiger partial charge in [0.2, 0.25) is 0 Å². The summed E-state index contributed by atoms with van der Waals surface area (Å²) in [5.74, 6) is -2.80. The van der Waals surface area contributed by atoms with Gasteiger partial charge in [0.25, 0.3) is 5.91 Å². The number of rotatable bonds is 7. The molecule has 0 spiro atoms. The molecular weight excluding hydrogens is 428 g/mol.